The highest BCUT2D eigenvalue weighted by Gasteiger charge is 2.32. The van der Waals surface area contributed by atoms with Gasteiger partial charge in [-0.25, -0.2) is 0 Å². The molecule has 1 aliphatic rings. The Labute approximate surface area is 74.6 Å². The molecule has 0 heterocycles. The first-order chi connectivity index (χ1) is 4.41. The number of hydrogen-bond donors (Lipinski definition) is 2. The molecule has 10 heavy (non-hydrogen) atoms. The van der Waals surface area contributed by atoms with Crippen LogP contribution in [0.1, 0.15) is 39.5 Å². The van der Waals surface area contributed by atoms with Crippen molar-refractivity contribution in [1.82, 2.24) is 0 Å². The maximum atomic E-state index is 4.46. The third-order valence-electron chi connectivity index (χ3n) is 2.40. The molecule has 1 aliphatic carbocycles. The summed E-state index contributed by atoms with van der Waals surface area (Å²) in [6.07, 6.45) is 4.82. The summed E-state index contributed by atoms with van der Waals surface area (Å²) in [7, 11) is 0. The summed E-state index contributed by atoms with van der Waals surface area (Å²) in [6, 6.07) is 0. The fourth-order valence-electron chi connectivity index (χ4n) is 1.33. The van der Waals surface area contributed by atoms with Crippen LogP contribution in [0.25, 0.3) is 0 Å². The van der Waals surface area contributed by atoms with Gasteiger partial charge in [0.1, 0.15) is 0 Å². The van der Waals surface area contributed by atoms with Gasteiger partial charge in [-0.2, -0.15) is 25.3 Å². The van der Waals surface area contributed by atoms with Gasteiger partial charge in [0.25, 0.3) is 0 Å². The molecule has 1 saturated carbocycles. The highest BCUT2D eigenvalue weighted by Crippen LogP contribution is 2.44. The largest absolute Gasteiger partial charge is 0.162 e. The standard InChI is InChI=1S/C8H16S2/c1-7(2)3-5-8(9,10)6-4-7/h9-10H,3-6H2,1-2H3. The molecule has 0 aliphatic heterocycles. The normalized spacial score (nSPS) is 30.0. The molecule has 1 rings (SSSR count). The molecule has 0 spiro atoms. The summed E-state index contributed by atoms with van der Waals surface area (Å²) in [5, 5.41) is 0. The van der Waals surface area contributed by atoms with Gasteiger partial charge < -0.3 is 0 Å². The van der Waals surface area contributed by atoms with Gasteiger partial charge >= 0.3 is 0 Å². The quantitative estimate of drug-likeness (QED) is 0.411. The van der Waals surface area contributed by atoms with Gasteiger partial charge in [0.05, 0.1) is 4.08 Å². The molecular weight excluding hydrogens is 160 g/mol. The molecule has 0 atom stereocenters. The highest BCUT2D eigenvalue weighted by molar-refractivity contribution is 8.00. The molecule has 0 saturated heterocycles. The molecule has 0 radical (unpaired) electrons. The molecule has 0 amide bonds. The molecule has 2 heteroatoms. The second-order valence-corrected chi connectivity index (χ2v) is 6.21. The molecule has 1 fully saturated rings. The molecule has 0 unspecified atom stereocenters. The summed E-state index contributed by atoms with van der Waals surface area (Å²) in [6.45, 7) is 4.65. The SMILES string of the molecule is CC1(C)CCC(S)(S)CC1. The molecule has 0 aromatic carbocycles. The van der Waals surface area contributed by atoms with Gasteiger partial charge in [-0.15, -0.1) is 0 Å². The van der Waals surface area contributed by atoms with E-state index in [1.807, 2.05) is 0 Å². The topological polar surface area (TPSA) is 0 Å². The third kappa shape index (κ3) is 2.39. The lowest BCUT2D eigenvalue weighted by Gasteiger charge is -2.37. The van der Waals surface area contributed by atoms with E-state index in [4.69, 9.17) is 0 Å². The van der Waals surface area contributed by atoms with E-state index in [0.29, 0.717) is 5.41 Å². The predicted molar refractivity (Wildman–Crippen MR) is 53.0 cm³/mol. The lowest BCUT2D eigenvalue weighted by molar-refractivity contribution is 0.242. The lowest BCUT2D eigenvalue weighted by atomic mass is 9.77. The van der Waals surface area contributed by atoms with E-state index in [0.717, 1.165) is 12.8 Å². The summed E-state index contributed by atoms with van der Waals surface area (Å²) in [5.41, 5.74) is 0.537. The highest BCUT2D eigenvalue weighted by atomic mass is 32.2. The first-order valence-corrected chi connectivity index (χ1v) is 4.76. The Kier molecular flexibility index (Phi) is 2.31. The number of rotatable bonds is 0. The van der Waals surface area contributed by atoms with Crippen LogP contribution in [-0.4, -0.2) is 4.08 Å². The summed E-state index contributed by atoms with van der Waals surface area (Å²) < 4.78 is 0.0233. The summed E-state index contributed by atoms with van der Waals surface area (Å²) in [4.78, 5) is 0. The van der Waals surface area contributed by atoms with Crippen molar-refractivity contribution in [2.45, 2.75) is 43.6 Å². The molecule has 0 nitrogen and oxygen atoms in total. The maximum Gasteiger partial charge on any atom is 0.0552 e. The van der Waals surface area contributed by atoms with Gasteiger partial charge in [0.2, 0.25) is 0 Å². The average molecular weight is 176 g/mol. The van der Waals surface area contributed by atoms with Crippen molar-refractivity contribution in [2.24, 2.45) is 5.41 Å². The lowest BCUT2D eigenvalue weighted by Crippen LogP contribution is -2.27. The van der Waals surface area contributed by atoms with E-state index < -0.39 is 0 Å². The average Bonchev–Trinajstić information content (AvgIpc) is 1.79. The minimum Gasteiger partial charge on any atom is -0.162 e. The molecule has 0 aromatic rings. The van der Waals surface area contributed by atoms with Gasteiger partial charge in [-0.05, 0) is 31.1 Å². The van der Waals surface area contributed by atoms with Crippen molar-refractivity contribution in [3.63, 3.8) is 0 Å². The molecular formula is C8H16S2. The smallest absolute Gasteiger partial charge is 0.0552 e. The predicted octanol–water partition coefficient (Wildman–Crippen LogP) is 3.14. The van der Waals surface area contributed by atoms with E-state index in [2.05, 4.69) is 39.1 Å². The van der Waals surface area contributed by atoms with Crippen LogP contribution in [0.5, 0.6) is 0 Å². The zero-order chi connectivity index (χ0) is 7.83. The van der Waals surface area contributed by atoms with Crippen molar-refractivity contribution in [3.8, 4) is 0 Å². The fourth-order valence-corrected chi connectivity index (χ4v) is 1.77. The molecule has 60 valence electrons. The Morgan fingerprint density at radius 1 is 0.900 bits per heavy atom. The molecule has 0 N–H and O–H groups in total. The van der Waals surface area contributed by atoms with Crippen LogP contribution < -0.4 is 0 Å². The molecule has 0 aromatic heterocycles. The van der Waals surface area contributed by atoms with Crippen LogP contribution in [0.4, 0.5) is 0 Å². The van der Waals surface area contributed by atoms with Crippen molar-refractivity contribution in [1.29, 1.82) is 0 Å². The van der Waals surface area contributed by atoms with E-state index >= 15 is 0 Å². The second kappa shape index (κ2) is 2.63. The first-order valence-electron chi connectivity index (χ1n) is 3.86. The van der Waals surface area contributed by atoms with Gasteiger partial charge in [0, 0.05) is 0 Å². The van der Waals surface area contributed by atoms with Gasteiger partial charge in [0.15, 0.2) is 0 Å². The third-order valence-corrected chi connectivity index (χ3v) is 3.30. The van der Waals surface area contributed by atoms with Crippen LogP contribution >= 0.6 is 25.3 Å². The van der Waals surface area contributed by atoms with Crippen LogP contribution in [0.15, 0.2) is 0 Å². The Balaban J connectivity index is 2.46. The minimum atomic E-state index is 0.0233. The number of hydrogen-bond acceptors (Lipinski definition) is 2. The van der Waals surface area contributed by atoms with E-state index in [9.17, 15) is 0 Å². The van der Waals surface area contributed by atoms with Gasteiger partial charge in [-0.3, -0.25) is 0 Å². The van der Waals surface area contributed by atoms with Crippen molar-refractivity contribution >= 4 is 25.3 Å². The second-order valence-electron chi connectivity index (χ2n) is 4.15. The Hall–Kier alpha value is 0.700. The Morgan fingerprint density at radius 2 is 1.30 bits per heavy atom. The zero-order valence-electron chi connectivity index (χ0n) is 6.72. The monoisotopic (exact) mass is 176 g/mol. The Bertz CT molecular complexity index is 99.2. The Morgan fingerprint density at radius 3 is 1.60 bits per heavy atom. The summed E-state index contributed by atoms with van der Waals surface area (Å²) >= 11 is 8.92. The van der Waals surface area contributed by atoms with Gasteiger partial charge in [-0.1, -0.05) is 13.8 Å². The fraction of sp³-hybridized carbons (Fsp3) is 1.00. The van der Waals surface area contributed by atoms with Crippen molar-refractivity contribution in [2.75, 3.05) is 0 Å². The van der Waals surface area contributed by atoms with Crippen LogP contribution in [-0.2, 0) is 0 Å². The zero-order valence-corrected chi connectivity index (χ0v) is 8.51. The maximum absolute atomic E-state index is 4.46. The van der Waals surface area contributed by atoms with Crippen LogP contribution in [0, 0.1) is 5.41 Å². The van der Waals surface area contributed by atoms with Crippen molar-refractivity contribution < 1.29 is 0 Å². The summed E-state index contributed by atoms with van der Waals surface area (Å²) in [5.74, 6) is 0. The van der Waals surface area contributed by atoms with Crippen LogP contribution in [0.2, 0.25) is 0 Å². The molecule has 0 bridgehead atoms. The van der Waals surface area contributed by atoms with Crippen LogP contribution in [0.3, 0.4) is 0 Å². The first kappa shape index (κ1) is 8.79. The van der Waals surface area contributed by atoms with E-state index in [1.165, 1.54) is 12.8 Å². The van der Waals surface area contributed by atoms with Crippen molar-refractivity contribution in [3.05, 3.63) is 0 Å². The minimum absolute atomic E-state index is 0.0233. The van der Waals surface area contributed by atoms with E-state index in [-0.39, 0.29) is 4.08 Å². The number of thiol groups is 2. The van der Waals surface area contributed by atoms with E-state index in [1.54, 1.807) is 0 Å².